The van der Waals surface area contributed by atoms with Gasteiger partial charge in [-0.2, -0.15) is 10.2 Å². The number of pyridine rings is 1. The number of ketones is 1. The molecular formula is C18H15N5O3. The molecule has 0 radical (unpaired) electrons. The van der Waals surface area contributed by atoms with Crippen LogP contribution in [-0.2, 0) is 11.3 Å². The topological polar surface area (TPSA) is 102 Å². The summed E-state index contributed by atoms with van der Waals surface area (Å²) in [5.74, 6) is -0.536. The van der Waals surface area contributed by atoms with Crippen LogP contribution < -0.4 is 0 Å². The first-order valence-electron chi connectivity index (χ1n) is 7.99. The zero-order valence-electron chi connectivity index (χ0n) is 14.2. The highest BCUT2D eigenvalue weighted by Gasteiger charge is 2.16. The van der Waals surface area contributed by atoms with E-state index >= 15 is 0 Å². The molecule has 4 rings (SSSR count). The van der Waals surface area contributed by atoms with Crippen molar-refractivity contribution in [3.05, 3.63) is 48.0 Å². The molecule has 8 heteroatoms. The van der Waals surface area contributed by atoms with Crippen LogP contribution in [0.25, 0.3) is 27.7 Å². The number of aromatic nitrogens is 5. The predicted octanol–water partition coefficient (Wildman–Crippen LogP) is 2.34. The molecule has 0 amide bonds. The molecule has 0 spiro atoms. The van der Waals surface area contributed by atoms with E-state index in [0.717, 1.165) is 16.8 Å². The van der Waals surface area contributed by atoms with E-state index in [1.807, 2.05) is 37.4 Å². The van der Waals surface area contributed by atoms with Gasteiger partial charge in [0.2, 0.25) is 0 Å². The molecule has 0 aliphatic heterocycles. The van der Waals surface area contributed by atoms with Crippen molar-refractivity contribution in [3.63, 3.8) is 0 Å². The van der Waals surface area contributed by atoms with Crippen molar-refractivity contribution in [2.45, 2.75) is 20.4 Å². The lowest BCUT2D eigenvalue weighted by Crippen LogP contribution is -2.10. The number of hydrogen-bond donors (Lipinski definition) is 1. The van der Waals surface area contributed by atoms with E-state index in [1.165, 1.54) is 11.6 Å². The number of carboxylic acid groups (broad SMARTS) is 1. The fourth-order valence-corrected chi connectivity index (χ4v) is 3.03. The third-order valence-corrected chi connectivity index (χ3v) is 4.14. The highest BCUT2D eigenvalue weighted by Crippen LogP contribution is 2.27. The Bertz CT molecular complexity index is 1190. The van der Waals surface area contributed by atoms with Gasteiger partial charge in [0, 0.05) is 24.1 Å². The number of rotatable bonds is 4. The minimum atomic E-state index is -1.01. The molecule has 0 unspecified atom stereocenters. The molecule has 0 aliphatic carbocycles. The van der Waals surface area contributed by atoms with Gasteiger partial charge in [-0.25, -0.2) is 9.50 Å². The molecule has 3 heterocycles. The summed E-state index contributed by atoms with van der Waals surface area (Å²) in [6.07, 6.45) is 1.87. The maximum atomic E-state index is 11.9. The quantitative estimate of drug-likeness (QED) is 0.567. The summed E-state index contributed by atoms with van der Waals surface area (Å²) < 4.78 is 3.04. The number of aliphatic carboxylic acids is 1. The number of carbonyl (C=O) groups is 2. The Morgan fingerprint density at radius 1 is 1.12 bits per heavy atom. The Morgan fingerprint density at radius 2 is 1.88 bits per heavy atom. The monoisotopic (exact) mass is 349 g/mol. The summed E-state index contributed by atoms with van der Waals surface area (Å²) >= 11 is 0. The summed E-state index contributed by atoms with van der Waals surface area (Å²) in [5.41, 5.74) is 3.42. The van der Waals surface area contributed by atoms with Gasteiger partial charge in [0.15, 0.2) is 11.4 Å². The van der Waals surface area contributed by atoms with Crippen molar-refractivity contribution in [2.75, 3.05) is 0 Å². The van der Waals surface area contributed by atoms with Crippen LogP contribution in [0, 0.1) is 6.92 Å². The summed E-state index contributed by atoms with van der Waals surface area (Å²) in [5, 5.41) is 18.2. The Morgan fingerprint density at radius 3 is 2.62 bits per heavy atom. The van der Waals surface area contributed by atoms with Gasteiger partial charge < -0.3 is 5.11 Å². The van der Waals surface area contributed by atoms with Crippen molar-refractivity contribution in [2.24, 2.45) is 0 Å². The second-order valence-electron chi connectivity index (χ2n) is 6.07. The normalized spacial score (nSPS) is 11.3. The minimum Gasteiger partial charge on any atom is -0.480 e. The van der Waals surface area contributed by atoms with Crippen LogP contribution in [0.1, 0.15) is 23.2 Å². The average molecular weight is 349 g/mol. The Balaban J connectivity index is 1.89. The Kier molecular flexibility index (Phi) is 3.54. The Hall–Kier alpha value is -3.55. The van der Waals surface area contributed by atoms with Gasteiger partial charge in [-0.05, 0) is 36.8 Å². The number of Topliss-reactive ketones (excluding diaryl/α,β-unsaturated/α-hetero) is 1. The van der Waals surface area contributed by atoms with Gasteiger partial charge >= 0.3 is 5.97 Å². The van der Waals surface area contributed by atoms with Gasteiger partial charge in [0.1, 0.15) is 18.1 Å². The first-order chi connectivity index (χ1) is 12.4. The van der Waals surface area contributed by atoms with E-state index in [-0.39, 0.29) is 18.0 Å². The van der Waals surface area contributed by atoms with Gasteiger partial charge in [-0.15, -0.1) is 0 Å². The number of carboxylic acids is 1. The molecule has 8 nitrogen and oxygen atoms in total. The fourth-order valence-electron chi connectivity index (χ4n) is 3.03. The van der Waals surface area contributed by atoms with Gasteiger partial charge in [-0.3, -0.25) is 14.3 Å². The number of carbonyl (C=O) groups excluding carboxylic acids is 1. The first-order valence-corrected chi connectivity index (χ1v) is 7.99. The van der Waals surface area contributed by atoms with Crippen LogP contribution in [0.15, 0.2) is 36.5 Å². The summed E-state index contributed by atoms with van der Waals surface area (Å²) in [7, 11) is 0. The number of hydrogen-bond acceptors (Lipinski definition) is 5. The molecule has 130 valence electrons. The van der Waals surface area contributed by atoms with Crippen LogP contribution in [0.2, 0.25) is 0 Å². The van der Waals surface area contributed by atoms with E-state index in [9.17, 15) is 9.59 Å². The highest BCUT2D eigenvalue weighted by molar-refractivity contribution is 6.06. The fraction of sp³-hybridized carbons (Fsp3) is 0.167. The number of nitrogens with zero attached hydrogens (tertiary/aromatic N) is 5. The van der Waals surface area contributed by atoms with Crippen molar-refractivity contribution >= 4 is 28.3 Å². The standard InChI is InChI=1S/C18H15N5O3/c1-10(24)18-14-7-12(3-5-15(14)22(21-18)9-17(25)26)13-4-6-16-19-11(2)20-23(16)8-13/h3-8H,9H2,1-2H3,(H,25,26). The maximum Gasteiger partial charge on any atom is 0.325 e. The van der Waals surface area contributed by atoms with Gasteiger partial charge in [-0.1, -0.05) is 6.07 Å². The molecule has 1 aromatic carbocycles. The van der Waals surface area contributed by atoms with E-state index in [1.54, 1.807) is 10.6 Å². The molecule has 0 saturated carbocycles. The molecule has 0 bridgehead atoms. The minimum absolute atomic E-state index is 0.210. The largest absolute Gasteiger partial charge is 0.480 e. The van der Waals surface area contributed by atoms with Crippen LogP contribution in [0.5, 0.6) is 0 Å². The van der Waals surface area contributed by atoms with Crippen molar-refractivity contribution in [1.82, 2.24) is 24.4 Å². The van der Waals surface area contributed by atoms with E-state index < -0.39 is 5.97 Å². The third kappa shape index (κ3) is 2.61. The Labute approximate surface area is 147 Å². The second-order valence-corrected chi connectivity index (χ2v) is 6.07. The third-order valence-electron chi connectivity index (χ3n) is 4.14. The lowest BCUT2D eigenvalue weighted by atomic mass is 10.0. The van der Waals surface area contributed by atoms with Crippen molar-refractivity contribution < 1.29 is 14.7 Å². The molecule has 0 atom stereocenters. The summed E-state index contributed by atoms with van der Waals surface area (Å²) in [6.45, 7) is 2.95. The second kappa shape index (κ2) is 5.76. The van der Waals surface area contributed by atoms with E-state index in [2.05, 4.69) is 15.2 Å². The van der Waals surface area contributed by atoms with Crippen LogP contribution in [0.4, 0.5) is 0 Å². The zero-order chi connectivity index (χ0) is 18.4. The lowest BCUT2D eigenvalue weighted by molar-refractivity contribution is -0.137. The molecule has 0 aliphatic rings. The van der Waals surface area contributed by atoms with Crippen molar-refractivity contribution in [1.29, 1.82) is 0 Å². The molecule has 1 N–H and O–H groups in total. The molecule has 0 saturated heterocycles. The predicted molar refractivity (Wildman–Crippen MR) is 94.1 cm³/mol. The zero-order valence-corrected chi connectivity index (χ0v) is 14.2. The molecule has 4 aromatic rings. The summed E-state index contributed by atoms with van der Waals surface area (Å²) in [6, 6.07) is 9.31. The maximum absolute atomic E-state index is 11.9. The summed E-state index contributed by atoms with van der Waals surface area (Å²) in [4.78, 5) is 27.3. The molecule has 3 aromatic heterocycles. The van der Waals surface area contributed by atoms with Gasteiger partial charge in [0.05, 0.1) is 5.52 Å². The highest BCUT2D eigenvalue weighted by atomic mass is 16.4. The van der Waals surface area contributed by atoms with Crippen molar-refractivity contribution in [3.8, 4) is 11.1 Å². The number of fused-ring (bicyclic) bond motifs is 2. The van der Waals surface area contributed by atoms with Crippen LogP contribution in [-0.4, -0.2) is 41.2 Å². The van der Waals surface area contributed by atoms with E-state index in [4.69, 9.17) is 5.11 Å². The first kappa shape index (κ1) is 15.9. The van der Waals surface area contributed by atoms with E-state index in [0.29, 0.717) is 16.7 Å². The molecular weight excluding hydrogens is 334 g/mol. The average Bonchev–Trinajstić information content (AvgIpc) is 3.13. The molecule has 0 fully saturated rings. The SMILES string of the molecule is CC(=O)c1nn(CC(=O)O)c2ccc(-c3ccc4nc(C)nn4c3)cc12. The lowest BCUT2D eigenvalue weighted by Gasteiger charge is -2.04. The molecule has 26 heavy (non-hydrogen) atoms. The van der Waals surface area contributed by atoms with Crippen LogP contribution in [0.3, 0.4) is 0 Å². The number of benzene rings is 1. The van der Waals surface area contributed by atoms with Gasteiger partial charge in [0.25, 0.3) is 0 Å². The smallest absolute Gasteiger partial charge is 0.325 e. The van der Waals surface area contributed by atoms with Crippen LogP contribution >= 0.6 is 0 Å². The number of aryl methyl sites for hydroxylation is 1.